The summed E-state index contributed by atoms with van der Waals surface area (Å²) in [6.45, 7) is 1.07. The van der Waals surface area contributed by atoms with E-state index < -0.39 is 5.54 Å². The van der Waals surface area contributed by atoms with E-state index in [9.17, 15) is 14.0 Å². The molecule has 1 fully saturated rings. The summed E-state index contributed by atoms with van der Waals surface area (Å²) < 4.78 is 18.8. The van der Waals surface area contributed by atoms with Crippen LogP contribution in [0, 0.1) is 5.82 Å². The number of likely N-dealkylation sites (N-methyl/N-ethyl adjacent to an activating group) is 1. The number of ether oxygens (including phenoxy) is 1. The Bertz CT molecular complexity index is 596. The van der Waals surface area contributed by atoms with E-state index in [4.69, 9.17) is 4.74 Å². The summed E-state index contributed by atoms with van der Waals surface area (Å²) >= 11 is 0. The van der Waals surface area contributed by atoms with Crippen molar-refractivity contribution in [3.63, 3.8) is 0 Å². The molecule has 1 atom stereocenters. The first-order valence-electron chi connectivity index (χ1n) is 8.00. The topological polar surface area (TPSA) is 70.7 Å². The van der Waals surface area contributed by atoms with Crippen LogP contribution in [-0.2, 0) is 20.9 Å². The van der Waals surface area contributed by atoms with E-state index in [2.05, 4.69) is 10.6 Å². The molecule has 6 nitrogen and oxygen atoms in total. The Morgan fingerprint density at radius 1 is 1.38 bits per heavy atom. The molecule has 0 radical (unpaired) electrons. The van der Waals surface area contributed by atoms with Gasteiger partial charge in [0.2, 0.25) is 11.8 Å². The summed E-state index contributed by atoms with van der Waals surface area (Å²) in [6, 6.07) is 6.32. The van der Waals surface area contributed by atoms with Gasteiger partial charge in [-0.25, -0.2) is 4.39 Å². The highest BCUT2D eigenvalue weighted by Gasteiger charge is 2.47. The molecule has 0 saturated carbocycles. The zero-order valence-electron chi connectivity index (χ0n) is 14.1. The van der Waals surface area contributed by atoms with E-state index in [1.165, 1.54) is 6.07 Å². The van der Waals surface area contributed by atoms with Gasteiger partial charge in [0.1, 0.15) is 11.4 Å². The van der Waals surface area contributed by atoms with Crippen molar-refractivity contribution in [3.8, 4) is 0 Å². The Morgan fingerprint density at radius 2 is 2.12 bits per heavy atom. The number of carbonyl (C=O) groups is 2. The lowest BCUT2D eigenvalue weighted by atomic mass is 9.96. The second-order valence-corrected chi connectivity index (χ2v) is 5.94. The van der Waals surface area contributed by atoms with Crippen molar-refractivity contribution in [2.24, 2.45) is 0 Å². The molecule has 2 amide bonds. The van der Waals surface area contributed by atoms with Crippen LogP contribution in [0.1, 0.15) is 18.4 Å². The molecule has 0 spiro atoms. The quantitative estimate of drug-likeness (QED) is 0.767. The largest absolute Gasteiger partial charge is 0.382 e. The molecule has 24 heavy (non-hydrogen) atoms. The number of hydrogen-bond acceptors (Lipinski definition) is 4. The number of amides is 2. The van der Waals surface area contributed by atoms with Crippen molar-refractivity contribution in [2.75, 3.05) is 33.9 Å². The van der Waals surface area contributed by atoms with E-state index in [1.807, 2.05) is 4.90 Å². The van der Waals surface area contributed by atoms with Crippen LogP contribution in [0.25, 0.3) is 0 Å². The summed E-state index contributed by atoms with van der Waals surface area (Å²) in [6.07, 6.45) is 1.46. The van der Waals surface area contributed by atoms with Gasteiger partial charge in [-0.3, -0.25) is 14.5 Å². The molecule has 1 aromatic carbocycles. The minimum absolute atomic E-state index is 0.0746. The van der Waals surface area contributed by atoms with Gasteiger partial charge >= 0.3 is 0 Å². The normalized spacial score (nSPS) is 20.8. The maximum absolute atomic E-state index is 13.6. The maximum atomic E-state index is 13.6. The summed E-state index contributed by atoms with van der Waals surface area (Å²) in [4.78, 5) is 26.4. The van der Waals surface area contributed by atoms with Gasteiger partial charge in [0.25, 0.3) is 0 Å². The molecular weight excluding hydrogens is 313 g/mol. The van der Waals surface area contributed by atoms with Gasteiger partial charge in [0, 0.05) is 26.3 Å². The predicted molar refractivity (Wildman–Crippen MR) is 87.7 cm³/mol. The summed E-state index contributed by atoms with van der Waals surface area (Å²) in [7, 11) is 3.12. The fourth-order valence-electron chi connectivity index (χ4n) is 3.19. The molecular formula is C17H24FN3O3. The van der Waals surface area contributed by atoms with Gasteiger partial charge in [0.15, 0.2) is 0 Å². The molecule has 132 valence electrons. The second kappa shape index (κ2) is 8.21. The molecule has 1 unspecified atom stereocenters. The van der Waals surface area contributed by atoms with Crippen molar-refractivity contribution < 1.29 is 18.7 Å². The number of likely N-dealkylation sites (tertiary alicyclic amines) is 1. The number of carbonyl (C=O) groups excluding carboxylic acids is 2. The van der Waals surface area contributed by atoms with Gasteiger partial charge in [-0.2, -0.15) is 0 Å². The maximum Gasteiger partial charge on any atom is 0.242 e. The van der Waals surface area contributed by atoms with E-state index >= 15 is 0 Å². The number of nitrogens with zero attached hydrogens (tertiary/aromatic N) is 1. The third kappa shape index (κ3) is 3.91. The van der Waals surface area contributed by atoms with Crippen LogP contribution in [0.15, 0.2) is 24.3 Å². The summed E-state index contributed by atoms with van der Waals surface area (Å²) in [5.74, 6) is -0.744. The average Bonchev–Trinajstić information content (AvgIpc) is 2.97. The molecule has 1 saturated heterocycles. The number of rotatable bonds is 7. The molecule has 7 heteroatoms. The Hall–Kier alpha value is -1.99. The molecule has 2 rings (SSSR count). The van der Waals surface area contributed by atoms with Gasteiger partial charge in [0.05, 0.1) is 13.2 Å². The van der Waals surface area contributed by atoms with Gasteiger partial charge in [-0.15, -0.1) is 0 Å². The van der Waals surface area contributed by atoms with Crippen molar-refractivity contribution in [3.05, 3.63) is 35.6 Å². The first-order valence-corrected chi connectivity index (χ1v) is 8.00. The predicted octanol–water partition coefficient (Wildman–Crippen LogP) is 0.669. The lowest BCUT2D eigenvalue weighted by Crippen LogP contribution is -2.59. The zero-order chi connectivity index (χ0) is 17.6. The van der Waals surface area contributed by atoms with Crippen LogP contribution in [0.3, 0.4) is 0 Å². The van der Waals surface area contributed by atoms with Gasteiger partial charge < -0.3 is 15.4 Å². The Morgan fingerprint density at radius 3 is 2.79 bits per heavy atom. The fourth-order valence-corrected chi connectivity index (χ4v) is 3.19. The number of halogens is 1. The summed E-state index contributed by atoms with van der Waals surface area (Å²) in [5, 5.41) is 5.37. The van der Waals surface area contributed by atoms with Crippen LogP contribution in [-0.4, -0.2) is 56.1 Å². The van der Waals surface area contributed by atoms with Crippen molar-refractivity contribution in [1.29, 1.82) is 0 Å². The van der Waals surface area contributed by atoms with E-state index in [1.54, 1.807) is 32.4 Å². The van der Waals surface area contributed by atoms with E-state index in [0.29, 0.717) is 18.5 Å². The van der Waals surface area contributed by atoms with Crippen LogP contribution in [0.5, 0.6) is 0 Å². The molecule has 0 aromatic heterocycles. The second-order valence-electron chi connectivity index (χ2n) is 5.94. The first-order chi connectivity index (χ1) is 11.5. The molecule has 1 aliphatic heterocycles. The molecule has 1 aliphatic rings. The number of hydrogen-bond donors (Lipinski definition) is 2. The lowest BCUT2D eigenvalue weighted by Gasteiger charge is -2.35. The average molecular weight is 337 g/mol. The van der Waals surface area contributed by atoms with Crippen LogP contribution < -0.4 is 10.6 Å². The first kappa shape index (κ1) is 18.4. The highest BCUT2D eigenvalue weighted by atomic mass is 19.1. The minimum atomic E-state index is -0.821. The molecule has 0 bridgehead atoms. The number of methoxy groups -OCH3 is 1. The SMILES string of the molecule is CNC(=O)C1(COC)CCCN1CC(=O)NCc1ccccc1F. The number of nitrogens with one attached hydrogen (secondary N) is 2. The van der Waals surface area contributed by atoms with Crippen molar-refractivity contribution in [2.45, 2.75) is 24.9 Å². The molecule has 1 aromatic rings. The minimum Gasteiger partial charge on any atom is -0.382 e. The zero-order valence-corrected chi connectivity index (χ0v) is 14.1. The summed E-state index contributed by atoms with van der Waals surface area (Å²) in [5.41, 5.74) is -0.388. The molecule has 0 aliphatic carbocycles. The fraction of sp³-hybridized carbons (Fsp3) is 0.529. The van der Waals surface area contributed by atoms with Crippen molar-refractivity contribution >= 4 is 11.8 Å². The molecule has 1 heterocycles. The highest BCUT2D eigenvalue weighted by Crippen LogP contribution is 2.29. The third-order valence-corrected chi connectivity index (χ3v) is 4.42. The third-order valence-electron chi connectivity index (χ3n) is 4.42. The Labute approximate surface area is 141 Å². The van der Waals surface area contributed by atoms with Crippen LogP contribution in [0.4, 0.5) is 4.39 Å². The van der Waals surface area contributed by atoms with E-state index in [0.717, 1.165) is 6.42 Å². The highest BCUT2D eigenvalue weighted by molar-refractivity contribution is 5.88. The van der Waals surface area contributed by atoms with Gasteiger partial charge in [-0.05, 0) is 25.5 Å². The smallest absolute Gasteiger partial charge is 0.242 e. The van der Waals surface area contributed by atoms with Crippen molar-refractivity contribution in [1.82, 2.24) is 15.5 Å². The van der Waals surface area contributed by atoms with E-state index in [-0.39, 0.29) is 37.3 Å². The van der Waals surface area contributed by atoms with Gasteiger partial charge in [-0.1, -0.05) is 18.2 Å². The standard InChI is InChI=1S/C17H24FN3O3/c1-19-16(23)17(12-24-2)8-5-9-21(17)11-15(22)20-10-13-6-3-4-7-14(13)18/h3-4,6-7H,5,8-12H2,1-2H3,(H,19,23)(H,20,22). The lowest BCUT2D eigenvalue weighted by molar-refractivity contribution is -0.137. The number of benzene rings is 1. The van der Waals surface area contributed by atoms with Crippen LogP contribution >= 0.6 is 0 Å². The Balaban J connectivity index is 1.99. The molecule has 2 N–H and O–H groups in total. The monoisotopic (exact) mass is 337 g/mol. The Kier molecular flexibility index (Phi) is 6.28. The van der Waals surface area contributed by atoms with Crippen LogP contribution in [0.2, 0.25) is 0 Å².